The van der Waals surface area contributed by atoms with Gasteiger partial charge in [-0.3, -0.25) is 9.59 Å². The van der Waals surface area contributed by atoms with Gasteiger partial charge in [-0.2, -0.15) is 0 Å². The Morgan fingerprint density at radius 2 is 1.81 bits per heavy atom. The first-order chi connectivity index (χ1) is 12.2. The highest BCUT2D eigenvalue weighted by atomic mass is 79.9. The second-order valence-corrected chi connectivity index (χ2v) is 7.73. The summed E-state index contributed by atoms with van der Waals surface area (Å²) >= 11 is 3.37. The Kier molecular flexibility index (Phi) is 6.42. The maximum atomic E-state index is 12.7. The molecule has 0 fully saturated rings. The van der Waals surface area contributed by atoms with E-state index in [4.69, 9.17) is 4.74 Å². The highest BCUT2D eigenvalue weighted by molar-refractivity contribution is 9.10. The van der Waals surface area contributed by atoms with E-state index in [0.717, 1.165) is 4.47 Å². The van der Waals surface area contributed by atoms with Crippen LogP contribution in [0.25, 0.3) is 0 Å². The molecule has 0 unspecified atom stereocenters. The van der Waals surface area contributed by atoms with Crippen molar-refractivity contribution < 1.29 is 14.3 Å². The molecule has 138 valence electrons. The molecule has 2 aromatic carbocycles. The van der Waals surface area contributed by atoms with Gasteiger partial charge < -0.3 is 15.4 Å². The van der Waals surface area contributed by atoms with Crippen LogP contribution in [0.4, 0.5) is 5.69 Å². The molecule has 0 atom stereocenters. The fourth-order valence-corrected chi connectivity index (χ4v) is 2.67. The Morgan fingerprint density at radius 1 is 1.08 bits per heavy atom. The minimum atomic E-state index is -0.334. The van der Waals surface area contributed by atoms with E-state index in [1.165, 1.54) is 0 Å². The third-order valence-electron chi connectivity index (χ3n) is 3.36. The maximum absolute atomic E-state index is 12.7. The predicted molar refractivity (Wildman–Crippen MR) is 107 cm³/mol. The summed E-state index contributed by atoms with van der Waals surface area (Å²) in [6.45, 7) is 8.07. The van der Waals surface area contributed by atoms with Gasteiger partial charge in [-0.15, -0.1) is 0 Å². The number of ether oxygens (including phenoxy) is 1. The zero-order chi connectivity index (χ0) is 19.3. The second-order valence-electron chi connectivity index (χ2n) is 6.81. The maximum Gasteiger partial charge on any atom is 0.259 e. The van der Waals surface area contributed by atoms with Crippen molar-refractivity contribution in [3.63, 3.8) is 0 Å². The number of halogens is 1. The number of benzene rings is 2. The third kappa shape index (κ3) is 5.59. The van der Waals surface area contributed by atoms with Crippen LogP contribution in [-0.2, 0) is 0 Å². The van der Waals surface area contributed by atoms with Crippen LogP contribution in [0.15, 0.2) is 46.9 Å². The van der Waals surface area contributed by atoms with Crippen molar-refractivity contribution in [2.75, 3.05) is 11.9 Å². The van der Waals surface area contributed by atoms with E-state index < -0.39 is 0 Å². The average Bonchev–Trinajstić information content (AvgIpc) is 2.55. The van der Waals surface area contributed by atoms with Crippen molar-refractivity contribution in [1.29, 1.82) is 0 Å². The zero-order valence-corrected chi connectivity index (χ0v) is 16.9. The van der Waals surface area contributed by atoms with Gasteiger partial charge in [0.15, 0.2) is 0 Å². The Balaban J connectivity index is 2.21. The monoisotopic (exact) mass is 418 g/mol. The summed E-state index contributed by atoms with van der Waals surface area (Å²) < 4.78 is 6.30. The van der Waals surface area contributed by atoms with Crippen LogP contribution in [0.3, 0.4) is 0 Å². The molecule has 2 amide bonds. The number of nitrogens with one attached hydrogen (secondary N) is 2. The summed E-state index contributed by atoms with van der Waals surface area (Å²) in [5.41, 5.74) is 1.11. The molecule has 0 heterocycles. The van der Waals surface area contributed by atoms with Gasteiger partial charge in [0.1, 0.15) is 5.75 Å². The largest absolute Gasteiger partial charge is 0.493 e. The number of amides is 2. The minimum absolute atomic E-state index is 0.189. The minimum Gasteiger partial charge on any atom is -0.493 e. The molecular formula is C20H23BrN2O3. The van der Waals surface area contributed by atoms with Gasteiger partial charge in [-0.1, -0.05) is 22.0 Å². The molecule has 0 aromatic heterocycles. The molecule has 0 bridgehead atoms. The molecule has 0 radical (unpaired) electrons. The first-order valence-electron chi connectivity index (χ1n) is 8.36. The first-order valence-corrected chi connectivity index (χ1v) is 9.15. The normalized spacial score (nSPS) is 11.0. The van der Waals surface area contributed by atoms with E-state index in [9.17, 15) is 9.59 Å². The number of anilines is 1. The molecule has 0 aliphatic heterocycles. The molecule has 26 heavy (non-hydrogen) atoms. The molecule has 2 N–H and O–H groups in total. The molecule has 0 saturated heterocycles. The lowest BCUT2D eigenvalue weighted by molar-refractivity contribution is 0.0918. The lowest BCUT2D eigenvalue weighted by Crippen LogP contribution is -2.40. The Labute approximate surface area is 162 Å². The van der Waals surface area contributed by atoms with Gasteiger partial charge in [-0.25, -0.2) is 0 Å². The number of carbonyl (C=O) groups excluding carboxylic acids is 2. The van der Waals surface area contributed by atoms with Crippen LogP contribution in [-0.4, -0.2) is 24.0 Å². The van der Waals surface area contributed by atoms with E-state index in [1.807, 2.05) is 33.8 Å². The Morgan fingerprint density at radius 3 is 2.46 bits per heavy atom. The quantitative estimate of drug-likeness (QED) is 0.743. The molecular weight excluding hydrogens is 396 g/mol. The Hall–Kier alpha value is -2.34. The molecule has 2 rings (SSSR count). The lowest BCUT2D eigenvalue weighted by Gasteiger charge is -2.20. The van der Waals surface area contributed by atoms with E-state index in [2.05, 4.69) is 26.6 Å². The highest BCUT2D eigenvalue weighted by Crippen LogP contribution is 2.24. The summed E-state index contributed by atoms with van der Waals surface area (Å²) in [6.07, 6.45) is 0. The Bertz CT molecular complexity index is 813. The topological polar surface area (TPSA) is 67.4 Å². The highest BCUT2D eigenvalue weighted by Gasteiger charge is 2.17. The van der Waals surface area contributed by atoms with Gasteiger partial charge in [0.2, 0.25) is 0 Å². The van der Waals surface area contributed by atoms with Gasteiger partial charge in [0, 0.05) is 21.3 Å². The van der Waals surface area contributed by atoms with Crippen molar-refractivity contribution in [2.45, 2.75) is 33.2 Å². The summed E-state index contributed by atoms with van der Waals surface area (Å²) in [7, 11) is 0. The van der Waals surface area contributed by atoms with Crippen LogP contribution in [0, 0.1) is 0 Å². The first kappa shape index (κ1) is 20.0. The molecule has 2 aromatic rings. The van der Waals surface area contributed by atoms with Crippen molar-refractivity contribution >= 4 is 33.4 Å². The second kappa shape index (κ2) is 8.36. The van der Waals surface area contributed by atoms with Crippen LogP contribution >= 0.6 is 15.9 Å². The molecule has 5 nitrogen and oxygen atoms in total. The van der Waals surface area contributed by atoms with Crippen LogP contribution in [0.5, 0.6) is 5.75 Å². The predicted octanol–water partition coefficient (Wildman–Crippen LogP) is 4.63. The average molecular weight is 419 g/mol. The SMILES string of the molecule is CCOc1ccc(Br)cc1C(=O)Nc1cccc(C(=O)NC(C)(C)C)c1. The lowest BCUT2D eigenvalue weighted by atomic mass is 10.1. The van der Waals surface area contributed by atoms with E-state index >= 15 is 0 Å². The van der Waals surface area contributed by atoms with Gasteiger partial charge in [0.25, 0.3) is 11.8 Å². The number of rotatable bonds is 5. The van der Waals surface area contributed by atoms with Crippen molar-refractivity contribution in [3.8, 4) is 5.75 Å². The standard InChI is InChI=1S/C20H23BrN2O3/c1-5-26-17-10-9-14(21)12-16(17)19(25)22-15-8-6-7-13(11-15)18(24)23-20(2,3)4/h6-12H,5H2,1-4H3,(H,22,25)(H,23,24). The molecule has 0 saturated carbocycles. The summed E-state index contributed by atoms with van der Waals surface area (Å²) in [6, 6.07) is 12.1. The smallest absolute Gasteiger partial charge is 0.259 e. The van der Waals surface area contributed by atoms with Gasteiger partial charge in [0.05, 0.1) is 12.2 Å². The van der Waals surface area contributed by atoms with Crippen molar-refractivity contribution in [2.24, 2.45) is 0 Å². The zero-order valence-electron chi connectivity index (χ0n) is 15.4. The summed E-state index contributed by atoms with van der Waals surface area (Å²) in [4.78, 5) is 25.0. The van der Waals surface area contributed by atoms with Crippen LogP contribution < -0.4 is 15.4 Å². The molecule has 6 heteroatoms. The van der Waals surface area contributed by atoms with Crippen molar-refractivity contribution in [3.05, 3.63) is 58.1 Å². The number of hydrogen-bond acceptors (Lipinski definition) is 3. The van der Waals surface area contributed by atoms with Gasteiger partial charge >= 0.3 is 0 Å². The van der Waals surface area contributed by atoms with Crippen LogP contribution in [0.2, 0.25) is 0 Å². The van der Waals surface area contributed by atoms with Gasteiger partial charge in [-0.05, 0) is 64.1 Å². The summed E-state index contributed by atoms with van der Waals surface area (Å²) in [5, 5.41) is 5.73. The van der Waals surface area contributed by atoms with E-state index in [-0.39, 0.29) is 17.4 Å². The molecule has 0 aliphatic carbocycles. The number of hydrogen-bond donors (Lipinski definition) is 2. The number of carbonyl (C=O) groups is 2. The third-order valence-corrected chi connectivity index (χ3v) is 3.85. The fourth-order valence-electron chi connectivity index (χ4n) is 2.31. The summed E-state index contributed by atoms with van der Waals surface area (Å²) in [5.74, 6) is 0.0176. The fraction of sp³-hybridized carbons (Fsp3) is 0.300. The van der Waals surface area contributed by atoms with E-state index in [0.29, 0.717) is 29.2 Å². The molecule has 0 spiro atoms. The molecule has 0 aliphatic rings. The van der Waals surface area contributed by atoms with E-state index in [1.54, 1.807) is 36.4 Å². The van der Waals surface area contributed by atoms with Crippen LogP contribution in [0.1, 0.15) is 48.4 Å². The van der Waals surface area contributed by atoms with Crippen molar-refractivity contribution in [1.82, 2.24) is 5.32 Å².